The molecular weight excluding hydrogens is 387 g/mol. The molecule has 0 amide bonds. The van der Waals surface area contributed by atoms with Crippen molar-refractivity contribution in [3.8, 4) is 0 Å². The summed E-state index contributed by atoms with van der Waals surface area (Å²) >= 11 is 0. The number of carbonyl (C=O) groups excluding carboxylic acids is 1. The lowest BCUT2D eigenvalue weighted by molar-refractivity contribution is -0.141. The highest BCUT2D eigenvalue weighted by Gasteiger charge is 2.15. The lowest BCUT2D eigenvalue weighted by Crippen LogP contribution is -2.39. The second-order valence-electron chi connectivity index (χ2n) is 4.58. The smallest absolute Gasteiger partial charge is 0.327 e. The minimum atomic E-state index is -0.345. The predicted octanol–water partition coefficient (Wildman–Crippen LogP) is 0.240. The van der Waals surface area contributed by atoms with Gasteiger partial charge in [0.25, 0.3) is 0 Å². The Bertz CT molecular complexity index is 484. The molecule has 1 aliphatic rings. The number of nitrogens with zero attached hydrogens (tertiary/aromatic N) is 5. The molecule has 2 heterocycles. The number of hydrogen-bond donors (Lipinski definition) is 1. The molecule has 1 fully saturated rings. The molecule has 0 atom stereocenters. The number of aliphatic imine (C=N–C) groups is 1. The van der Waals surface area contributed by atoms with Gasteiger partial charge in [0.05, 0.1) is 19.9 Å². The van der Waals surface area contributed by atoms with Gasteiger partial charge in [-0.2, -0.15) is 0 Å². The van der Waals surface area contributed by atoms with Crippen molar-refractivity contribution in [2.24, 2.45) is 4.99 Å². The number of guanidine groups is 1. The molecule has 0 unspecified atom stereocenters. The Balaban J connectivity index is 0.00000220. The molecule has 1 N–H and O–H groups in total. The van der Waals surface area contributed by atoms with Gasteiger partial charge in [0.15, 0.2) is 5.96 Å². The maximum Gasteiger partial charge on any atom is 0.327 e. The maximum atomic E-state index is 11.1. The van der Waals surface area contributed by atoms with Crippen LogP contribution in [0.3, 0.4) is 0 Å². The zero-order chi connectivity index (χ0) is 14.4. The van der Waals surface area contributed by atoms with Crippen LogP contribution in [-0.4, -0.2) is 59.1 Å². The number of nitrogens with one attached hydrogen (secondary N) is 1. The van der Waals surface area contributed by atoms with Gasteiger partial charge in [-0.15, -0.1) is 29.1 Å². The van der Waals surface area contributed by atoms with E-state index in [1.54, 1.807) is 13.2 Å². The Morgan fingerprint density at radius 1 is 1.48 bits per heavy atom. The molecule has 1 aromatic rings. The fourth-order valence-electron chi connectivity index (χ4n) is 2.12. The molecule has 0 saturated carbocycles. The summed E-state index contributed by atoms with van der Waals surface area (Å²) in [6.45, 7) is 2.68. The fraction of sp³-hybridized carbons (Fsp3) is 0.667. The Morgan fingerprint density at radius 2 is 2.19 bits per heavy atom. The Kier molecular flexibility index (Phi) is 7.40. The SMILES string of the molecule is CN=C(NCc1cn(CC(=O)OC)nn1)N1CCCC1.I. The number of hydrogen-bond acceptors (Lipinski definition) is 5. The first-order valence-corrected chi connectivity index (χ1v) is 6.64. The summed E-state index contributed by atoms with van der Waals surface area (Å²) < 4.78 is 6.04. The van der Waals surface area contributed by atoms with Gasteiger partial charge in [-0.05, 0) is 12.8 Å². The molecule has 0 aromatic carbocycles. The lowest BCUT2D eigenvalue weighted by atomic mass is 10.4. The maximum absolute atomic E-state index is 11.1. The second kappa shape index (κ2) is 8.80. The van der Waals surface area contributed by atoms with E-state index in [0.717, 1.165) is 24.7 Å². The summed E-state index contributed by atoms with van der Waals surface area (Å²) in [5.74, 6) is 0.535. The van der Waals surface area contributed by atoms with Crippen LogP contribution in [-0.2, 0) is 22.6 Å². The molecule has 0 bridgehead atoms. The number of aromatic nitrogens is 3. The first kappa shape index (κ1) is 17.7. The first-order chi connectivity index (χ1) is 9.72. The van der Waals surface area contributed by atoms with E-state index in [1.807, 2.05) is 0 Å². The van der Waals surface area contributed by atoms with Crippen LogP contribution in [0.15, 0.2) is 11.2 Å². The third kappa shape index (κ3) is 5.14. The number of methoxy groups -OCH3 is 1. The van der Waals surface area contributed by atoms with Crippen LogP contribution in [0.25, 0.3) is 0 Å². The van der Waals surface area contributed by atoms with E-state index in [4.69, 9.17) is 0 Å². The third-order valence-electron chi connectivity index (χ3n) is 3.15. The van der Waals surface area contributed by atoms with E-state index >= 15 is 0 Å². The van der Waals surface area contributed by atoms with E-state index in [0.29, 0.717) is 6.54 Å². The van der Waals surface area contributed by atoms with E-state index in [9.17, 15) is 4.79 Å². The van der Waals surface area contributed by atoms with Crippen LogP contribution in [0, 0.1) is 0 Å². The highest BCUT2D eigenvalue weighted by molar-refractivity contribution is 14.0. The highest BCUT2D eigenvalue weighted by atomic mass is 127. The van der Waals surface area contributed by atoms with Crippen LogP contribution >= 0.6 is 24.0 Å². The van der Waals surface area contributed by atoms with Crippen molar-refractivity contribution < 1.29 is 9.53 Å². The molecular formula is C12H21IN6O2. The molecule has 2 rings (SSSR count). The van der Waals surface area contributed by atoms with Crippen molar-refractivity contribution in [1.82, 2.24) is 25.2 Å². The minimum Gasteiger partial charge on any atom is -0.468 e. The van der Waals surface area contributed by atoms with Crippen LogP contribution in [0.5, 0.6) is 0 Å². The van der Waals surface area contributed by atoms with Gasteiger partial charge in [-0.1, -0.05) is 5.21 Å². The largest absolute Gasteiger partial charge is 0.468 e. The van der Waals surface area contributed by atoms with E-state index in [2.05, 4.69) is 30.3 Å². The molecule has 1 aromatic heterocycles. The number of rotatable bonds is 4. The van der Waals surface area contributed by atoms with Gasteiger partial charge < -0.3 is 15.0 Å². The van der Waals surface area contributed by atoms with Crippen molar-refractivity contribution in [3.63, 3.8) is 0 Å². The Hall–Kier alpha value is -1.39. The van der Waals surface area contributed by atoms with Crippen LogP contribution in [0.2, 0.25) is 0 Å². The molecule has 0 spiro atoms. The molecule has 0 radical (unpaired) electrons. The topological polar surface area (TPSA) is 84.6 Å². The Labute approximate surface area is 140 Å². The number of likely N-dealkylation sites (tertiary alicyclic amines) is 1. The Morgan fingerprint density at radius 3 is 2.81 bits per heavy atom. The van der Waals surface area contributed by atoms with Crippen molar-refractivity contribution in [1.29, 1.82) is 0 Å². The van der Waals surface area contributed by atoms with Crippen LogP contribution in [0.1, 0.15) is 18.5 Å². The molecule has 9 heteroatoms. The summed E-state index contributed by atoms with van der Waals surface area (Å²) in [5.41, 5.74) is 0.759. The first-order valence-electron chi connectivity index (χ1n) is 6.64. The van der Waals surface area contributed by atoms with Crippen molar-refractivity contribution in [2.45, 2.75) is 25.9 Å². The summed E-state index contributed by atoms with van der Waals surface area (Å²) in [5, 5.41) is 11.1. The third-order valence-corrected chi connectivity index (χ3v) is 3.15. The fourth-order valence-corrected chi connectivity index (χ4v) is 2.12. The summed E-state index contributed by atoms with van der Waals surface area (Å²) in [4.78, 5) is 17.6. The standard InChI is InChI=1S/C12H20N6O2.HI/c1-13-12(17-5-3-4-6-17)14-7-10-8-18(16-15-10)9-11(19)20-2;/h8H,3-7,9H2,1-2H3,(H,13,14);1H. The van der Waals surface area contributed by atoms with Gasteiger partial charge in [0, 0.05) is 20.1 Å². The van der Waals surface area contributed by atoms with Crippen molar-refractivity contribution >= 4 is 35.9 Å². The number of carbonyl (C=O) groups is 1. The molecule has 21 heavy (non-hydrogen) atoms. The zero-order valence-electron chi connectivity index (χ0n) is 12.3. The van der Waals surface area contributed by atoms with Crippen molar-refractivity contribution in [3.05, 3.63) is 11.9 Å². The number of esters is 1. The predicted molar refractivity (Wildman–Crippen MR) is 88.5 cm³/mol. The average molecular weight is 408 g/mol. The zero-order valence-corrected chi connectivity index (χ0v) is 14.6. The number of halogens is 1. The van der Waals surface area contributed by atoms with Gasteiger partial charge in [-0.3, -0.25) is 9.79 Å². The van der Waals surface area contributed by atoms with Gasteiger partial charge in [-0.25, -0.2) is 4.68 Å². The van der Waals surface area contributed by atoms with Gasteiger partial charge >= 0.3 is 5.97 Å². The van der Waals surface area contributed by atoms with E-state index in [-0.39, 0.29) is 36.5 Å². The normalized spacial score (nSPS) is 14.8. The highest BCUT2D eigenvalue weighted by Crippen LogP contribution is 2.07. The minimum absolute atomic E-state index is 0. The summed E-state index contributed by atoms with van der Waals surface area (Å²) in [6, 6.07) is 0. The van der Waals surface area contributed by atoms with E-state index in [1.165, 1.54) is 24.6 Å². The molecule has 0 aliphatic carbocycles. The quantitative estimate of drug-likeness (QED) is 0.333. The monoisotopic (exact) mass is 408 g/mol. The molecule has 1 saturated heterocycles. The van der Waals surface area contributed by atoms with Crippen LogP contribution < -0.4 is 5.32 Å². The van der Waals surface area contributed by atoms with Gasteiger partial charge in [0.1, 0.15) is 12.2 Å². The number of ether oxygens (including phenoxy) is 1. The van der Waals surface area contributed by atoms with Crippen LogP contribution in [0.4, 0.5) is 0 Å². The lowest BCUT2D eigenvalue weighted by Gasteiger charge is -2.20. The van der Waals surface area contributed by atoms with E-state index < -0.39 is 0 Å². The summed E-state index contributed by atoms with van der Waals surface area (Å²) in [6.07, 6.45) is 4.13. The molecule has 8 nitrogen and oxygen atoms in total. The molecule has 118 valence electrons. The van der Waals surface area contributed by atoms with Gasteiger partial charge in [0.2, 0.25) is 0 Å². The van der Waals surface area contributed by atoms with Crippen molar-refractivity contribution in [2.75, 3.05) is 27.2 Å². The summed E-state index contributed by atoms with van der Waals surface area (Å²) in [7, 11) is 3.12. The second-order valence-corrected chi connectivity index (χ2v) is 4.58. The average Bonchev–Trinajstić information content (AvgIpc) is 3.11. The molecule has 1 aliphatic heterocycles.